The molecule has 4 rings (SSSR count). The number of nitrogens with one attached hydrogen (secondary N) is 2. The molecule has 2 N–H and O–H groups in total. The predicted molar refractivity (Wildman–Crippen MR) is 113 cm³/mol. The Morgan fingerprint density at radius 1 is 1.10 bits per heavy atom. The fourth-order valence-electron chi connectivity index (χ4n) is 3.80. The van der Waals surface area contributed by atoms with Crippen LogP contribution < -0.4 is 10.6 Å². The van der Waals surface area contributed by atoms with Crippen LogP contribution in [0.25, 0.3) is 0 Å². The van der Waals surface area contributed by atoms with Crippen LogP contribution in [0.15, 0.2) is 46.9 Å². The molecule has 0 bridgehead atoms. The minimum Gasteiger partial charge on any atom is -0.345 e. The second-order valence-corrected chi connectivity index (χ2v) is 8.28. The fourth-order valence-corrected chi connectivity index (χ4v) is 4.07. The molecule has 0 radical (unpaired) electrons. The summed E-state index contributed by atoms with van der Waals surface area (Å²) in [4.78, 5) is 62.5. The van der Waals surface area contributed by atoms with Crippen molar-refractivity contribution in [2.75, 3.05) is 0 Å². The van der Waals surface area contributed by atoms with Gasteiger partial charge in [0.15, 0.2) is 0 Å². The van der Waals surface area contributed by atoms with Crippen LogP contribution in [0.2, 0.25) is 0 Å². The molecule has 4 amide bonds. The summed E-state index contributed by atoms with van der Waals surface area (Å²) in [5, 5.41) is 4.88. The maximum Gasteiger partial charge on any atom is 0.292 e. The molecule has 0 aromatic heterocycles. The van der Waals surface area contributed by atoms with Crippen LogP contribution in [0.3, 0.4) is 0 Å². The molecule has 2 aromatic carbocycles. The highest BCUT2D eigenvalue weighted by Gasteiger charge is 2.39. The Kier molecular flexibility index (Phi) is 5.69. The highest BCUT2D eigenvalue weighted by molar-refractivity contribution is 9.10. The number of benzene rings is 2. The molecule has 31 heavy (non-hydrogen) atoms. The van der Waals surface area contributed by atoms with Gasteiger partial charge in [-0.05, 0) is 47.9 Å². The lowest BCUT2D eigenvalue weighted by Gasteiger charge is -2.29. The molecule has 2 aromatic rings. The SMILES string of the molecule is O=C1CCC(N2Cc3c(CNC(=O)C(=O)c4ccc(Br)cc4)cccc3C2=O)C(=O)N1. The number of Topliss-reactive ketones (excluding diaryl/α,β-unsaturated/α-hetero) is 1. The van der Waals surface area contributed by atoms with Crippen molar-refractivity contribution < 1.29 is 24.0 Å². The first kappa shape index (κ1) is 20.9. The van der Waals surface area contributed by atoms with Crippen LogP contribution >= 0.6 is 15.9 Å². The highest BCUT2D eigenvalue weighted by atomic mass is 79.9. The molecule has 0 aliphatic carbocycles. The van der Waals surface area contributed by atoms with Crippen LogP contribution in [-0.4, -0.2) is 40.4 Å². The van der Waals surface area contributed by atoms with E-state index in [4.69, 9.17) is 0 Å². The largest absolute Gasteiger partial charge is 0.345 e. The van der Waals surface area contributed by atoms with Gasteiger partial charge in [-0.1, -0.05) is 28.1 Å². The number of rotatable bonds is 5. The molecule has 0 spiro atoms. The number of halogens is 1. The molecule has 2 aliphatic heterocycles. The summed E-state index contributed by atoms with van der Waals surface area (Å²) >= 11 is 3.28. The summed E-state index contributed by atoms with van der Waals surface area (Å²) in [6.07, 6.45) is 0.454. The smallest absolute Gasteiger partial charge is 0.292 e. The Balaban J connectivity index is 1.47. The van der Waals surface area contributed by atoms with Gasteiger partial charge in [-0.15, -0.1) is 0 Å². The van der Waals surface area contributed by atoms with Crippen molar-refractivity contribution in [2.45, 2.75) is 32.0 Å². The minimum atomic E-state index is -0.744. The van der Waals surface area contributed by atoms with Crippen molar-refractivity contribution in [1.29, 1.82) is 0 Å². The maximum absolute atomic E-state index is 12.8. The van der Waals surface area contributed by atoms with E-state index >= 15 is 0 Å². The van der Waals surface area contributed by atoms with E-state index in [1.54, 1.807) is 42.5 Å². The number of imide groups is 1. The van der Waals surface area contributed by atoms with E-state index in [1.807, 2.05) is 0 Å². The van der Waals surface area contributed by atoms with Crippen LogP contribution in [-0.2, 0) is 27.5 Å². The van der Waals surface area contributed by atoms with E-state index in [-0.39, 0.29) is 43.3 Å². The van der Waals surface area contributed by atoms with Crippen molar-refractivity contribution in [3.8, 4) is 0 Å². The van der Waals surface area contributed by atoms with E-state index in [0.29, 0.717) is 16.7 Å². The quantitative estimate of drug-likeness (QED) is 0.381. The van der Waals surface area contributed by atoms with Gasteiger partial charge in [-0.25, -0.2) is 0 Å². The molecule has 0 saturated carbocycles. The van der Waals surface area contributed by atoms with Gasteiger partial charge in [-0.3, -0.25) is 29.3 Å². The molecule has 1 saturated heterocycles. The lowest BCUT2D eigenvalue weighted by atomic mass is 10.0. The Bertz CT molecular complexity index is 1110. The number of fused-ring (bicyclic) bond motifs is 1. The van der Waals surface area contributed by atoms with Gasteiger partial charge < -0.3 is 10.2 Å². The van der Waals surface area contributed by atoms with Crippen molar-refractivity contribution in [1.82, 2.24) is 15.5 Å². The molecule has 8 nitrogen and oxygen atoms in total. The van der Waals surface area contributed by atoms with Crippen LogP contribution in [0, 0.1) is 0 Å². The Labute approximate surface area is 186 Å². The molecule has 2 heterocycles. The first-order valence-corrected chi connectivity index (χ1v) is 10.5. The number of ketones is 1. The first-order chi connectivity index (χ1) is 14.8. The monoisotopic (exact) mass is 483 g/mol. The van der Waals surface area contributed by atoms with Gasteiger partial charge in [-0.2, -0.15) is 0 Å². The average Bonchev–Trinajstić information content (AvgIpc) is 3.09. The van der Waals surface area contributed by atoms with E-state index in [9.17, 15) is 24.0 Å². The zero-order valence-corrected chi connectivity index (χ0v) is 17.9. The summed E-state index contributed by atoms with van der Waals surface area (Å²) in [5.74, 6) is -2.51. The maximum atomic E-state index is 12.8. The molecular weight excluding hydrogens is 466 g/mol. The summed E-state index contributed by atoms with van der Waals surface area (Å²) in [5.41, 5.74) is 2.13. The van der Waals surface area contributed by atoms with E-state index in [0.717, 1.165) is 4.47 Å². The number of amides is 4. The van der Waals surface area contributed by atoms with Crippen molar-refractivity contribution >= 4 is 45.3 Å². The average molecular weight is 484 g/mol. The van der Waals surface area contributed by atoms with Gasteiger partial charge >= 0.3 is 0 Å². The highest BCUT2D eigenvalue weighted by Crippen LogP contribution is 2.29. The number of hydrogen-bond donors (Lipinski definition) is 2. The molecule has 9 heteroatoms. The number of carbonyl (C=O) groups is 5. The fraction of sp³-hybridized carbons (Fsp3) is 0.227. The normalized spacial score (nSPS) is 17.9. The summed E-state index contributed by atoms with van der Waals surface area (Å²) in [6.45, 7) is 0.272. The Morgan fingerprint density at radius 3 is 2.55 bits per heavy atom. The van der Waals surface area contributed by atoms with Crippen molar-refractivity contribution in [3.63, 3.8) is 0 Å². The third-order valence-electron chi connectivity index (χ3n) is 5.43. The van der Waals surface area contributed by atoms with Gasteiger partial charge in [0.1, 0.15) is 6.04 Å². The number of carbonyl (C=O) groups excluding carboxylic acids is 5. The molecule has 1 unspecified atom stereocenters. The second kappa shape index (κ2) is 8.43. The topological polar surface area (TPSA) is 113 Å². The van der Waals surface area contributed by atoms with Crippen molar-refractivity contribution in [3.05, 3.63) is 69.2 Å². The van der Waals surface area contributed by atoms with E-state index in [2.05, 4.69) is 26.6 Å². The molecule has 1 atom stereocenters. The first-order valence-electron chi connectivity index (χ1n) is 9.68. The molecule has 158 valence electrons. The molecule has 2 aliphatic rings. The lowest BCUT2D eigenvalue weighted by molar-refractivity contribution is -0.136. The third-order valence-corrected chi connectivity index (χ3v) is 5.96. The minimum absolute atomic E-state index is 0.0702. The Hall–Kier alpha value is -3.33. The summed E-state index contributed by atoms with van der Waals surface area (Å²) in [7, 11) is 0. The van der Waals surface area contributed by atoms with Crippen LogP contribution in [0.1, 0.15) is 44.7 Å². The van der Waals surface area contributed by atoms with E-state index in [1.165, 1.54) is 4.90 Å². The van der Waals surface area contributed by atoms with Crippen molar-refractivity contribution in [2.24, 2.45) is 0 Å². The number of nitrogens with zero attached hydrogens (tertiary/aromatic N) is 1. The standard InChI is InChI=1S/C22H18BrN3O5/c23-14-6-4-12(5-7-14)19(28)21(30)24-10-13-2-1-3-15-16(13)11-26(22(15)31)17-8-9-18(27)25-20(17)29/h1-7,17H,8-11H2,(H,24,30)(H,25,27,29). The van der Waals surface area contributed by atoms with Crippen LogP contribution in [0.4, 0.5) is 0 Å². The predicted octanol–water partition coefficient (Wildman–Crippen LogP) is 1.71. The van der Waals surface area contributed by atoms with Gasteiger partial charge in [0.2, 0.25) is 17.6 Å². The lowest BCUT2D eigenvalue weighted by Crippen LogP contribution is -2.52. The van der Waals surface area contributed by atoms with Gasteiger partial charge in [0, 0.05) is 35.1 Å². The molecular formula is C22H18BrN3O5. The van der Waals surface area contributed by atoms with Crippen LogP contribution in [0.5, 0.6) is 0 Å². The van der Waals surface area contributed by atoms with Gasteiger partial charge in [0.25, 0.3) is 11.8 Å². The third kappa shape index (κ3) is 4.13. The zero-order chi connectivity index (χ0) is 22.1. The number of hydrogen-bond acceptors (Lipinski definition) is 5. The Morgan fingerprint density at radius 2 is 1.84 bits per heavy atom. The zero-order valence-electron chi connectivity index (χ0n) is 16.3. The van der Waals surface area contributed by atoms with Gasteiger partial charge in [0.05, 0.1) is 0 Å². The van der Waals surface area contributed by atoms with E-state index < -0.39 is 23.6 Å². The number of piperidine rings is 1. The second-order valence-electron chi connectivity index (χ2n) is 7.36. The molecule has 1 fully saturated rings. The summed E-state index contributed by atoms with van der Waals surface area (Å²) in [6, 6.07) is 10.9. The summed E-state index contributed by atoms with van der Waals surface area (Å²) < 4.78 is 0.801.